The van der Waals surface area contributed by atoms with Crippen LogP contribution >= 0.6 is 0 Å². The van der Waals surface area contributed by atoms with Crippen LogP contribution in [0.5, 0.6) is 0 Å². The van der Waals surface area contributed by atoms with Crippen molar-refractivity contribution in [2.24, 2.45) is 11.8 Å². The smallest absolute Gasteiger partial charge is 0.352 e. The van der Waals surface area contributed by atoms with E-state index in [2.05, 4.69) is 10.6 Å². The molecule has 0 radical (unpaired) electrons. The number of nitrogens with zero attached hydrogens (tertiary/aromatic N) is 1. The van der Waals surface area contributed by atoms with Gasteiger partial charge < -0.3 is 15.5 Å². The van der Waals surface area contributed by atoms with E-state index in [1.54, 1.807) is 13.8 Å². The minimum absolute atomic E-state index is 0.0229. The number of fused-ring (bicyclic) bond motifs is 1. The number of benzene rings is 2. The van der Waals surface area contributed by atoms with Gasteiger partial charge in [0.25, 0.3) is 0 Å². The molecule has 6 nitrogen and oxygen atoms in total. The third kappa shape index (κ3) is 5.71. The number of alkyl halides is 3. The summed E-state index contributed by atoms with van der Waals surface area (Å²) in [5, 5.41) is 5.74. The normalized spacial score (nSPS) is 21.0. The number of hydrogen-bond acceptors (Lipinski definition) is 3. The molecular formula is C29H34F3N3O3. The van der Waals surface area contributed by atoms with Gasteiger partial charge in [0, 0.05) is 6.04 Å². The van der Waals surface area contributed by atoms with E-state index in [-0.39, 0.29) is 29.3 Å². The van der Waals surface area contributed by atoms with Crippen LogP contribution in [0, 0.1) is 11.8 Å². The fourth-order valence-corrected chi connectivity index (χ4v) is 5.53. The number of carbonyl (C=O) groups excluding carboxylic acids is 3. The largest absolute Gasteiger partial charge is 0.416 e. The molecule has 204 valence electrons. The lowest BCUT2D eigenvalue weighted by atomic mass is 9.87. The average molecular weight is 530 g/mol. The van der Waals surface area contributed by atoms with Crippen LogP contribution in [0.2, 0.25) is 0 Å². The van der Waals surface area contributed by atoms with Crippen LogP contribution in [-0.2, 0) is 33.4 Å². The van der Waals surface area contributed by atoms with E-state index >= 15 is 0 Å². The third-order valence-corrected chi connectivity index (χ3v) is 7.22. The fourth-order valence-electron chi connectivity index (χ4n) is 5.53. The van der Waals surface area contributed by atoms with Gasteiger partial charge in [0.2, 0.25) is 17.7 Å². The molecule has 0 unspecified atom stereocenters. The zero-order chi connectivity index (χ0) is 27.8. The summed E-state index contributed by atoms with van der Waals surface area (Å²) in [5.74, 6) is -1.45. The molecule has 0 aromatic heterocycles. The average Bonchev–Trinajstić information content (AvgIpc) is 3.26. The Hall–Kier alpha value is -3.36. The summed E-state index contributed by atoms with van der Waals surface area (Å²) in [6, 6.07) is 8.81. The van der Waals surface area contributed by atoms with E-state index in [1.165, 1.54) is 17.0 Å². The van der Waals surface area contributed by atoms with Gasteiger partial charge in [-0.15, -0.1) is 0 Å². The monoisotopic (exact) mass is 529 g/mol. The standard InChI is InChI=1S/C29H34F3N3O3/c1-16(2)13-23-26(36)34-24(21-14-19-7-5-6-8-20(19)15-21)28(38)35(23)25(27(37)33-17(3)4)18-9-11-22(12-10-18)29(30,31)32/h5-12,16-17,21,23-25H,13-15H2,1-4H3,(H,33,37)(H,34,36)/t23-,24-,25+/m1/s1. The minimum atomic E-state index is -4.54. The maximum absolute atomic E-state index is 14.2. The topological polar surface area (TPSA) is 78.5 Å². The second kappa shape index (κ2) is 10.8. The van der Waals surface area contributed by atoms with Gasteiger partial charge in [-0.25, -0.2) is 0 Å². The highest BCUT2D eigenvalue weighted by molar-refractivity contribution is 6.00. The number of piperazine rings is 1. The molecule has 2 aliphatic rings. The SMILES string of the molecule is CC(C)C[C@@H]1C(=O)N[C@H](C2Cc3ccccc3C2)C(=O)N1[C@H](C(=O)NC(C)C)c1ccc(C(F)(F)F)cc1. The lowest BCUT2D eigenvalue weighted by molar-refractivity contribution is -0.158. The molecule has 1 heterocycles. The van der Waals surface area contributed by atoms with E-state index < -0.39 is 41.7 Å². The Morgan fingerprint density at radius 2 is 1.58 bits per heavy atom. The van der Waals surface area contributed by atoms with Gasteiger partial charge in [-0.2, -0.15) is 13.2 Å². The molecule has 2 aromatic carbocycles. The molecule has 2 N–H and O–H groups in total. The highest BCUT2D eigenvalue weighted by Gasteiger charge is 2.49. The fraction of sp³-hybridized carbons (Fsp3) is 0.483. The lowest BCUT2D eigenvalue weighted by Gasteiger charge is -2.45. The van der Waals surface area contributed by atoms with Gasteiger partial charge in [-0.1, -0.05) is 50.2 Å². The van der Waals surface area contributed by atoms with Crippen molar-refractivity contribution >= 4 is 17.7 Å². The number of carbonyl (C=O) groups is 3. The van der Waals surface area contributed by atoms with Gasteiger partial charge in [0.05, 0.1) is 5.56 Å². The molecule has 1 fully saturated rings. The van der Waals surface area contributed by atoms with Crippen LogP contribution in [0.3, 0.4) is 0 Å². The van der Waals surface area contributed by atoms with E-state index in [0.717, 1.165) is 23.3 Å². The number of halogens is 3. The molecule has 3 atom stereocenters. The van der Waals surface area contributed by atoms with Gasteiger partial charge >= 0.3 is 6.18 Å². The van der Waals surface area contributed by atoms with Crippen LogP contribution in [0.1, 0.15) is 62.4 Å². The van der Waals surface area contributed by atoms with Crippen molar-refractivity contribution in [2.75, 3.05) is 0 Å². The van der Waals surface area contributed by atoms with E-state index in [4.69, 9.17) is 0 Å². The zero-order valence-corrected chi connectivity index (χ0v) is 22.0. The van der Waals surface area contributed by atoms with Crippen molar-refractivity contribution in [1.82, 2.24) is 15.5 Å². The van der Waals surface area contributed by atoms with Crippen molar-refractivity contribution in [3.05, 3.63) is 70.8 Å². The molecule has 38 heavy (non-hydrogen) atoms. The van der Waals surface area contributed by atoms with Gasteiger partial charge in [0.15, 0.2) is 0 Å². The van der Waals surface area contributed by atoms with Gasteiger partial charge in [0.1, 0.15) is 18.1 Å². The predicted octanol–water partition coefficient (Wildman–Crippen LogP) is 4.43. The highest BCUT2D eigenvalue weighted by atomic mass is 19.4. The van der Waals surface area contributed by atoms with Crippen molar-refractivity contribution in [1.29, 1.82) is 0 Å². The van der Waals surface area contributed by atoms with Crippen LogP contribution < -0.4 is 10.6 Å². The molecule has 4 rings (SSSR count). The summed E-state index contributed by atoms with van der Waals surface area (Å²) in [5.41, 5.74) is 1.60. The maximum Gasteiger partial charge on any atom is 0.416 e. The summed E-state index contributed by atoms with van der Waals surface area (Å²) in [7, 11) is 0. The molecule has 1 aliphatic heterocycles. The van der Waals surface area contributed by atoms with Crippen molar-refractivity contribution < 1.29 is 27.6 Å². The Bertz CT molecular complexity index is 1170. The van der Waals surface area contributed by atoms with E-state index in [1.807, 2.05) is 38.1 Å². The quantitative estimate of drug-likeness (QED) is 0.557. The summed E-state index contributed by atoms with van der Waals surface area (Å²) in [6.45, 7) is 7.35. The van der Waals surface area contributed by atoms with Crippen molar-refractivity contribution in [3.63, 3.8) is 0 Å². The second-order valence-corrected chi connectivity index (χ2v) is 11.0. The molecule has 1 saturated heterocycles. The van der Waals surface area contributed by atoms with E-state index in [0.29, 0.717) is 19.3 Å². The number of rotatable bonds is 7. The Labute approximate surface area is 221 Å². The first kappa shape index (κ1) is 27.7. The summed E-state index contributed by atoms with van der Waals surface area (Å²) >= 11 is 0. The van der Waals surface area contributed by atoms with Crippen molar-refractivity contribution in [3.8, 4) is 0 Å². The van der Waals surface area contributed by atoms with E-state index in [9.17, 15) is 27.6 Å². The van der Waals surface area contributed by atoms with Gasteiger partial charge in [-0.05, 0) is 73.8 Å². The molecule has 0 saturated carbocycles. The maximum atomic E-state index is 14.2. The Morgan fingerprint density at radius 1 is 1.00 bits per heavy atom. The Morgan fingerprint density at radius 3 is 2.08 bits per heavy atom. The first-order valence-corrected chi connectivity index (χ1v) is 13.0. The lowest BCUT2D eigenvalue weighted by Crippen LogP contribution is -2.67. The van der Waals surface area contributed by atoms with Crippen LogP contribution in [0.25, 0.3) is 0 Å². The summed E-state index contributed by atoms with van der Waals surface area (Å²) < 4.78 is 39.8. The third-order valence-electron chi connectivity index (χ3n) is 7.22. The number of hydrogen-bond donors (Lipinski definition) is 2. The number of nitrogens with one attached hydrogen (secondary N) is 2. The Kier molecular flexibility index (Phi) is 7.85. The molecule has 2 aromatic rings. The first-order chi connectivity index (χ1) is 17.9. The predicted molar refractivity (Wildman–Crippen MR) is 137 cm³/mol. The molecular weight excluding hydrogens is 495 g/mol. The second-order valence-electron chi connectivity index (χ2n) is 11.0. The first-order valence-electron chi connectivity index (χ1n) is 13.0. The van der Waals surface area contributed by atoms with Crippen molar-refractivity contribution in [2.45, 2.75) is 77.3 Å². The molecule has 9 heteroatoms. The molecule has 3 amide bonds. The Balaban J connectivity index is 1.76. The molecule has 0 bridgehead atoms. The van der Waals surface area contributed by atoms with Crippen LogP contribution in [0.15, 0.2) is 48.5 Å². The number of amides is 3. The van der Waals surface area contributed by atoms with Crippen LogP contribution in [0.4, 0.5) is 13.2 Å². The van der Waals surface area contributed by atoms with Gasteiger partial charge in [-0.3, -0.25) is 14.4 Å². The summed E-state index contributed by atoms with van der Waals surface area (Å²) in [6.07, 6.45) is -3.02. The molecule has 0 spiro atoms. The summed E-state index contributed by atoms with van der Waals surface area (Å²) in [4.78, 5) is 42.6. The van der Waals surface area contributed by atoms with Crippen LogP contribution in [-0.4, -0.2) is 40.7 Å². The minimum Gasteiger partial charge on any atom is -0.352 e. The highest BCUT2D eigenvalue weighted by Crippen LogP contribution is 2.36. The molecule has 1 aliphatic carbocycles. The zero-order valence-electron chi connectivity index (χ0n) is 22.0.